The van der Waals surface area contributed by atoms with Crippen LogP contribution in [0.15, 0.2) is 11.8 Å². The first-order valence-electron chi connectivity index (χ1n) is 7.15. The van der Waals surface area contributed by atoms with E-state index >= 15 is 0 Å². The third-order valence-electron chi connectivity index (χ3n) is 4.25. The Morgan fingerprint density at radius 2 is 1.48 bits per heavy atom. The van der Waals surface area contributed by atoms with Crippen LogP contribution in [0, 0.1) is 17.5 Å². The number of halogens is 7. The van der Waals surface area contributed by atoms with Gasteiger partial charge in [0.2, 0.25) is 0 Å². The first kappa shape index (κ1) is 19.8. The molecule has 0 amide bonds. The summed E-state index contributed by atoms with van der Waals surface area (Å²) in [5, 5.41) is 0. The fraction of sp³-hybridized carbons (Fsp3) is 0.467. The molecule has 10 heteroatoms. The van der Waals surface area contributed by atoms with Crippen molar-refractivity contribution in [1.82, 2.24) is 0 Å². The molecule has 1 heterocycles. The van der Waals surface area contributed by atoms with Gasteiger partial charge in [-0.1, -0.05) is 0 Å². The van der Waals surface area contributed by atoms with Gasteiger partial charge in [-0.05, 0) is 33.8 Å². The van der Waals surface area contributed by atoms with Gasteiger partial charge in [-0.3, -0.25) is 0 Å². The molecule has 0 radical (unpaired) electrons. The van der Waals surface area contributed by atoms with Crippen LogP contribution in [0.5, 0.6) is 0 Å². The molecule has 138 valence electrons. The van der Waals surface area contributed by atoms with E-state index in [2.05, 4.69) is 0 Å². The fourth-order valence-electron chi connectivity index (χ4n) is 2.16. The summed E-state index contributed by atoms with van der Waals surface area (Å²) in [7, 11) is -1.66. The normalized spacial score (nSPS) is 20.3. The molecule has 0 aliphatic carbocycles. The Balaban J connectivity index is 2.48. The standard InChI is InChI=1S/C15H14BF7O2/c1-13(2)14(3,4)25-16(24-13)10(19)5-7-8(17)6-9(18)11(12(7)20)15(21,22)23/h5-6H,1-4H3. The van der Waals surface area contributed by atoms with Crippen LogP contribution in [-0.4, -0.2) is 18.3 Å². The first-order chi connectivity index (χ1) is 11.2. The van der Waals surface area contributed by atoms with E-state index in [1.54, 1.807) is 27.7 Å². The predicted molar refractivity (Wildman–Crippen MR) is 76.5 cm³/mol. The van der Waals surface area contributed by atoms with Crippen molar-refractivity contribution in [3.8, 4) is 0 Å². The van der Waals surface area contributed by atoms with E-state index in [9.17, 15) is 30.7 Å². The van der Waals surface area contributed by atoms with Gasteiger partial charge in [0.05, 0.1) is 11.2 Å². The quantitative estimate of drug-likeness (QED) is 0.535. The highest BCUT2D eigenvalue weighted by Crippen LogP contribution is 2.40. The summed E-state index contributed by atoms with van der Waals surface area (Å²) in [5.41, 5.74) is -6.97. The molecule has 0 N–H and O–H groups in total. The molecule has 1 aliphatic rings. The van der Waals surface area contributed by atoms with Crippen LogP contribution >= 0.6 is 0 Å². The molecule has 0 bridgehead atoms. The van der Waals surface area contributed by atoms with E-state index in [1.807, 2.05) is 0 Å². The first-order valence-corrected chi connectivity index (χ1v) is 7.15. The van der Waals surface area contributed by atoms with Gasteiger partial charge in [0.25, 0.3) is 0 Å². The van der Waals surface area contributed by atoms with Gasteiger partial charge < -0.3 is 9.31 Å². The molecule has 0 aromatic heterocycles. The van der Waals surface area contributed by atoms with Crippen LogP contribution in [-0.2, 0) is 15.5 Å². The van der Waals surface area contributed by atoms with Gasteiger partial charge in [0.1, 0.15) is 28.7 Å². The Morgan fingerprint density at radius 1 is 1.00 bits per heavy atom. The van der Waals surface area contributed by atoms with Gasteiger partial charge in [0, 0.05) is 11.6 Å². The average molecular weight is 370 g/mol. The number of benzene rings is 1. The van der Waals surface area contributed by atoms with E-state index < -0.39 is 58.8 Å². The minimum atomic E-state index is -5.41. The van der Waals surface area contributed by atoms with Gasteiger partial charge >= 0.3 is 13.3 Å². The summed E-state index contributed by atoms with van der Waals surface area (Å²) in [6, 6.07) is -0.157. The van der Waals surface area contributed by atoms with Crippen molar-refractivity contribution >= 4 is 13.2 Å². The molecule has 0 saturated carbocycles. The van der Waals surface area contributed by atoms with Crippen molar-refractivity contribution in [1.29, 1.82) is 0 Å². The number of alkyl halides is 3. The third-order valence-corrected chi connectivity index (χ3v) is 4.25. The number of hydrogen-bond donors (Lipinski definition) is 0. The van der Waals surface area contributed by atoms with Crippen molar-refractivity contribution in [3.63, 3.8) is 0 Å². The molecule has 2 nitrogen and oxygen atoms in total. The Hall–Kier alpha value is -1.55. The van der Waals surface area contributed by atoms with E-state index in [4.69, 9.17) is 9.31 Å². The fourth-order valence-corrected chi connectivity index (χ4v) is 2.16. The predicted octanol–water partition coefficient (Wildman–Crippen LogP) is 5.06. The van der Waals surface area contributed by atoms with E-state index in [0.717, 1.165) is 0 Å². The van der Waals surface area contributed by atoms with Crippen molar-refractivity contribution in [3.05, 3.63) is 40.4 Å². The van der Waals surface area contributed by atoms with Gasteiger partial charge in [-0.15, -0.1) is 0 Å². The molecule has 0 atom stereocenters. The molecular formula is C15H14BF7O2. The Labute approximate surface area is 139 Å². The maximum absolute atomic E-state index is 14.3. The summed E-state index contributed by atoms with van der Waals surface area (Å²) < 4.78 is 104. The number of rotatable bonds is 2. The molecule has 25 heavy (non-hydrogen) atoms. The molecule has 0 unspecified atom stereocenters. The number of hydrogen-bond acceptors (Lipinski definition) is 2. The lowest BCUT2D eigenvalue weighted by atomic mass is 9.86. The summed E-state index contributed by atoms with van der Waals surface area (Å²) >= 11 is 0. The van der Waals surface area contributed by atoms with E-state index in [-0.39, 0.29) is 12.1 Å². The maximum atomic E-state index is 14.3. The third kappa shape index (κ3) is 3.55. The highest BCUT2D eigenvalue weighted by molar-refractivity contribution is 6.54. The molecule has 1 aromatic rings. The molecule has 2 rings (SSSR count). The minimum absolute atomic E-state index is 0.157. The smallest absolute Gasteiger partial charge is 0.398 e. The largest absolute Gasteiger partial charge is 0.525 e. The van der Waals surface area contributed by atoms with Crippen molar-refractivity contribution in [2.75, 3.05) is 0 Å². The summed E-state index contributed by atoms with van der Waals surface area (Å²) in [6.45, 7) is 6.34. The second-order valence-electron chi connectivity index (χ2n) is 6.56. The lowest BCUT2D eigenvalue weighted by Gasteiger charge is -2.32. The zero-order valence-electron chi connectivity index (χ0n) is 13.7. The lowest BCUT2D eigenvalue weighted by molar-refractivity contribution is -0.142. The summed E-state index contributed by atoms with van der Waals surface area (Å²) in [6.07, 6.45) is -5.24. The minimum Gasteiger partial charge on any atom is -0.398 e. The van der Waals surface area contributed by atoms with Crippen molar-refractivity contribution in [2.45, 2.75) is 45.1 Å². The van der Waals surface area contributed by atoms with Crippen LogP contribution in [0.25, 0.3) is 6.08 Å². The summed E-state index contributed by atoms with van der Waals surface area (Å²) in [5.74, 6) is -6.07. The average Bonchev–Trinajstić information content (AvgIpc) is 2.61. The molecule has 0 spiro atoms. The second-order valence-corrected chi connectivity index (χ2v) is 6.56. The van der Waals surface area contributed by atoms with Crippen LogP contribution in [0.2, 0.25) is 0 Å². The second kappa shape index (κ2) is 6.01. The van der Waals surface area contributed by atoms with E-state index in [0.29, 0.717) is 0 Å². The molecule has 1 saturated heterocycles. The van der Waals surface area contributed by atoms with Crippen molar-refractivity contribution < 1.29 is 40.0 Å². The maximum Gasteiger partial charge on any atom is 0.525 e. The Morgan fingerprint density at radius 3 is 1.92 bits per heavy atom. The van der Waals surface area contributed by atoms with Gasteiger partial charge in [0.15, 0.2) is 0 Å². The SMILES string of the molecule is CC1(C)OB(C(F)=Cc2c(F)cc(F)c(C(F)(F)F)c2F)OC1(C)C. The monoisotopic (exact) mass is 370 g/mol. The van der Waals surface area contributed by atoms with Gasteiger partial charge in [-0.25, -0.2) is 17.6 Å². The lowest BCUT2D eigenvalue weighted by Crippen LogP contribution is -2.41. The van der Waals surface area contributed by atoms with Crippen LogP contribution in [0.4, 0.5) is 30.7 Å². The molecule has 1 aliphatic heterocycles. The zero-order valence-corrected chi connectivity index (χ0v) is 13.7. The topological polar surface area (TPSA) is 18.5 Å². The highest BCUT2D eigenvalue weighted by Gasteiger charge is 2.53. The molecule has 1 fully saturated rings. The van der Waals surface area contributed by atoms with Gasteiger partial charge in [-0.2, -0.15) is 13.2 Å². The van der Waals surface area contributed by atoms with Crippen LogP contribution in [0.3, 0.4) is 0 Å². The molecular weight excluding hydrogens is 356 g/mol. The Kier molecular flexibility index (Phi) is 4.76. The van der Waals surface area contributed by atoms with Crippen molar-refractivity contribution in [2.24, 2.45) is 0 Å². The highest BCUT2D eigenvalue weighted by atomic mass is 19.4. The Bertz CT molecular complexity index is 710. The zero-order chi connectivity index (χ0) is 19.4. The van der Waals surface area contributed by atoms with E-state index in [1.165, 1.54) is 0 Å². The van der Waals surface area contributed by atoms with Crippen LogP contribution in [0.1, 0.15) is 38.8 Å². The molecule has 1 aromatic carbocycles. The van der Waals surface area contributed by atoms with Crippen LogP contribution < -0.4 is 0 Å². The summed E-state index contributed by atoms with van der Waals surface area (Å²) in [4.78, 5) is 0.